The fourth-order valence-corrected chi connectivity index (χ4v) is 3.41. The summed E-state index contributed by atoms with van der Waals surface area (Å²) in [6.45, 7) is 2.22. The Bertz CT molecular complexity index is 1060. The van der Waals surface area contributed by atoms with Crippen LogP contribution in [0, 0.1) is 5.92 Å². The van der Waals surface area contributed by atoms with E-state index < -0.39 is 0 Å². The van der Waals surface area contributed by atoms with Crippen LogP contribution in [0.2, 0.25) is 0 Å². The van der Waals surface area contributed by atoms with Gasteiger partial charge in [0.2, 0.25) is 0 Å². The van der Waals surface area contributed by atoms with Gasteiger partial charge in [-0.15, -0.1) is 0 Å². The first kappa shape index (κ1) is 18.8. The predicted octanol–water partition coefficient (Wildman–Crippen LogP) is 6.16. The summed E-state index contributed by atoms with van der Waals surface area (Å²) in [5.41, 5.74) is 6.65. The lowest BCUT2D eigenvalue weighted by Crippen LogP contribution is -1.99. The topological polar surface area (TPSA) is 38.7 Å². The number of hydrogen-bond donors (Lipinski definition) is 0. The first-order valence-electron chi connectivity index (χ1n) is 9.88. The van der Waals surface area contributed by atoms with Crippen molar-refractivity contribution in [1.82, 2.24) is 15.0 Å². The Hall–Kier alpha value is -3.59. The zero-order valence-electron chi connectivity index (χ0n) is 16.4. The SMILES string of the molecule is CCC1C=CC=C(/C=C/c2ccc(-c3cccnc3)nc2)C=C1c1cccnc1. The maximum Gasteiger partial charge on any atom is 0.0717 e. The number of nitrogens with zero attached hydrogens (tertiary/aromatic N) is 3. The van der Waals surface area contributed by atoms with Gasteiger partial charge in [-0.2, -0.15) is 0 Å². The quantitative estimate of drug-likeness (QED) is 0.535. The van der Waals surface area contributed by atoms with Crippen molar-refractivity contribution >= 4 is 11.6 Å². The molecule has 1 atom stereocenters. The van der Waals surface area contributed by atoms with E-state index in [0.717, 1.165) is 28.8 Å². The summed E-state index contributed by atoms with van der Waals surface area (Å²) in [6.07, 6.45) is 23.4. The number of aromatic nitrogens is 3. The molecule has 0 spiro atoms. The second kappa shape index (κ2) is 9.07. The van der Waals surface area contributed by atoms with Gasteiger partial charge in [0.1, 0.15) is 0 Å². The van der Waals surface area contributed by atoms with Gasteiger partial charge in [-0.05, 0) is 53.0 Å². The Balaban J connectivity index is 1.57. The average molecular weight is 377 g/mol. The summed E-state index contributed by atoms with van der Waals surface area (Å²) in [5, 5.41) is 0. The minimum Gasteiger partial charge on any atom is -0.264 e. The minimum absolute atomic E-state index is 0.391. The van der Waals surface area contributed by atoms with Crippen LogP contribution in [-0.2, 0) is 0 Å². The normalized spacial score (nSPS) is 16.4. The summed E-state index contributed by atoms with van der Waals surface area (Å²) in [6, 6.07) is 12.2. The molecule has 1 unspecified atom stereocenters. The van der Waals surface area contributed by atoms with Crippen molar-refractivity contribution in [3.05, 3.63) is 114 Å². The van der Waals surface area contributed by atoms with Gasteiger partial charge >= 0.3 is 0 Å². The highest BCUT2D eigenvalue weighted by Crippen LogP contribution is 2.30. The van der Waals surface area contributed by atoms with Crippen molar-refractivity contribution in [3.63, 3.8) is 0 Å². The number of hydrogen-bond acceptors (Lipinski definition) is 3. The third kappa shape index (κ3) is 4.64. The molecule has 1 aliphatic carbocycles. The zero-order valence-corrected chi connectivity index (χ0v) is 16.4. The average Bonchev–Trinajstić information content (AvgIpc) is 3.01. The molecule has 0 N–H and O–H groups in total. The summed E-state index contributed by atoms with van der Waals surface area (Å²) >= 11 is 0. The molecule has 0 aromatic carbocycles. The van der Waals surface area contributed by atoms with Crippen molar-refractivity contribution in [2.75, 3.05) is 0 Å². The number of allylic oxidation sites excluding steroid dienone is 7. The molecule has 142 valence electrons. The van der Waals surface area contributed by atoms with Crippen LogP contribution in [0.4, 0.5) is 0 Å². The zero-order chi connectivity index (χ0) is 19.9. The van der Waals surface area contributed by atoms with Gasteiger partial charge in [-0.3, -0.25) is 15.0 Å². The fraction of sp³-hybridized carbons (Fsp3) is 0.115. The maximum absolute atomic E-state index is 4.57. The molecule has 0 saturated carbocycles. The molecule has 0 bridgehead atoms. The Morgan fingerprint density at radius 1 is 0.897 bits per heavy atom. The van der Waals surface area contributed by atoms with Crippen LogP contribution in [0.25, 0.3) is 22.9 Å². The lowest BCUT2D eigenvalue weighted by atomic mass is 9.90. The molecule has 1 aliphatic rings. The molecule has 0 fully saturated rings. The molecular weight excluding hydrogens is 354 g/mol. The Morgan fingerprint density at radius 2 is 1.69 bits per heavy atom. The van der Waals surface area contributed by atoms with Crippen LogP contribution in [-0.4, -0.2) is 15.0 Å². The molecule has 3 heterocycles. The van der Waals surface area contributed by atoms with Crippen molar-refractivity contribution in [2.45, 2.75) is 13.3 Å². The minimum atomic E-state index is 0.391. The first-order chi connectivity index (χ1) is 14.3. The van der Waals surface area contributed by atoms with Gasteiger partial charge in [-0.25, -0.2) is 0 Å². The molecule has 0 saturated heterocycles. The molecule has 3 nitrogen and oxygen atoms in total. The van der Waals surface area contributed by atoms with Gasteiger partial charge in [-0.1, -0.05) is 55.5 Å². The molecule has 4 rings (SSSR count). The largest absolute Gasteiger partial charge is 0.264 e. The van der Waals surface area contributed by atoms with Gasteiger partial charge in [0.15, 0.2) is 0 Å². The molecule has 3 aromatic rings. The van der Waals surface area contributed by atoms with E-state index in [9.17, 15) is 0 Å². The monoisotopic (exact) mass is 377 g/mol. The number of pyridine rings is 3. The van der Waals surface area contributed by atoms with Gasteiger partial charge < -0.3 is 0 Å². The summed E-state index contributed by atoms with van der Waals surface area (Å²) in [4.78, 5) is 13.0. The van der Waals surface area contributed by atoms with E-state index in [0.29, 0.717) is 5.92 Å². The lowest BCUT2D eigenvalue weighted by molar-refractivity contribution is 0.793. The summed E-state index contributed by atoms with van der Waals surface area (Å²) in [5.74, 6) is 0.391. The van der Waals surface area contributed by atoms with Crippen molar-refractivity contribution < 1.29 is 0 Å². The number of rotatable bonds is 5. The van der Waals surface area contributed by atoms with Crippen LogP contribution in [0.15, 0.2) is 103 Å². The van der Waals surface area contributed by atoms with Crippen molar-refractivity contribution in [1.29, 1.82) is 0 Å². The second-order valence-electron chi connectivity index (χ2n) is 6.96. The van der Waals surface area contributed by atoms with Crippen LogP contribution in [0.1, 0.15) is 24.5 Å². The first-order valence-corrected chi connectivity index (χ1v) is 9.88. The highest BCUT2D eigenvalue weighted by Gasteiger charge is 2.13. The van der Waals surface area contributed by atoms with Crippen molar-refractivity contribution in [2.24, 2.45) is 5.92 Å². The Kier molecular flexibility index (Phi) is 5.87. The Morgan fingerprint density at radius 3 is 2.34 bits per heavy atom. The fourth-order valence-electron chi connectivity index (χ4n) is 3.41. The lowest BCUT2D eigenvalue weighted by Gasteiger charge is -2.14. The third-order valence-electron chi connectivity index (χ3n) is 5.00. The molecular formula is C26H23N3. The van der Waals surface area contributed by atoms with E-state index in [4.69, 9.17) is 0 Å². The molecule has 0 radical (unpaired) electrons. The summed E-state index contributed by atoms with van der Waals surface area (Å²) in [7, 11) is 0. The van der Waals surface area contributed by atoms with E-state index in [1.54, 1.807) is 6.20 Å². The van der Waals surface area contributed by atoms with Crippen molar-refractivity contribution in [3.8, 4) is 11.3 Å². The molecule has 29 heavy (non-hydrogen) atoms. The smallest absolute Gasteiger partial charge is 0.0717 e. The third-order valence-corrected chi connectivity index (χ3v) is 5.00. The highest BCUT2D eigenvalue weighted by molar-refractivity contribution is 5.73. The van der Waals surface area contributed by atoms with E-state index in [2.05, 4.69) is 70.5 Å². The second-order valence-corrected chi connectivity index (χ2v) is 6.96. The predicted molar refractivity (Wildman–Crippen MR) is 120 cm³/mol. The summed E-state index contributed by atoms with van der Waals surface area (Å²) < 4.78 is 0. The van der Waals surface area contributed by atoms with E-state index >= 15 is 0 Å². The maximum atomic E-state index is 4.57. The van der Waals surface area contributed by atoms with Gasteiger partial charge in [0, 0.05) is 42.5 Å². The van der Waals surface area contributed by atoms with E-state index in [-0.39, 0.29) is 0 Å². The standard InChI is InChI=1S/C26H23N3/c1-2-22-7-3-6-20(16-25(22)23-8-4-14-27-18-23)10-11-21-12-13-26(29-17-21)24-9-5-15-28-19-24/h3-19,22H,2H2,1H3/b11-10+. The Labute approximate surface area is 171 Å². The highest BCUT2D eigenvalue weighted by atomic mass is 14.7. The van der Waals surface area contributed by atoms with Gasteiger partial charge in [0.05, 0.1) is 5.69 Å². The molecule has 3 heteroatoms. The molecule has 0 aliphatic heterocycles. The van der Waals surface area contributed by atoms with E-state index in [1.165, 1.54) is 11.1 Å². The van der Waals surface area contributed by atoms with Gasteiger partial charge in [0.25, 0.3) is 0 Å². The van der Waals surface area contributed by atoms with Crippen LogP contribution in [0.3, 0.4) is 0 Å². The van der Waals surface area contributed by atoms with Crippen LogP contribution >= 0.6 is 0 Å². The van der Waals surface area contributed by atoms with E-state index in [1.807, 2.05) is 49.1 Å². The molecule has 0 amide bonds. The van der Waals surface area contributed by atoms with Crippen LogP contribution in [0.5, 0.6) is 0 Å². The van der Waals surface area contributed by atoms with Crippen LogP contribution < -0.4 is 0 Å². The molecule has 3 aromatic heterocycles.